The molecule has 1 saturated heterocycles. The van der Waals surface area contributed by atoms with E-state index in [2.05, 4.69) is 39.3 Å². The molecule has 0 amide bonds. The Bertz CT molecular complexity index is 591. The fraction of sp³-hybridized carbons (Fsp3) is 0.632. The maximum absolute atomic E-state index is 13.7. The van der Waals surface area contributed by atoms with Crippen molar-refractivity contribution in [3.8, 4) is 0 Å². The highest BCUT2D eigenvalue weighted by Gasteiger charge is 2.20. The van der Waals surface area contributed by atoms with E-state index in [4.69, 9.17) is 0 Å². The van der Waals surface area contributed by atoms with Gasteiger partial charge in [0.2, 0.25) is 0 Å². The van der Waals surface area contributed by atoms with Gasteiger partial charge in [0.15, 0.2) is 5.96 Å². The molecule has 0 spiro atoms. The molecule has 8 heteroatoms. The lowest BCUT2D eigenvalue weighted by Crippen LogP contribution is -2.53. The van der Waals surface area contributed by atoms with Crippen LogP contribution in [0.15, 0.2) is 23.2 Å². The molecule has 2 N–H and O–H groups in total. The maximum atomic E-state index is 13.7. The lowest BCUT2D eigenvalue weighted by molar-refractivity contribution is 0.107. The summed E-state index contributed by atoms with van der Waals surface area (Å²) in [5.74, 6) is -0.266. The first-order valence-corrected chi connectivity index (χ1v) is 9.46. The molecule has 0 radical (unpaired) electrons. The zero-order valence-electron chi connectivity index (χ0n) is 16.5. The molecule has 5 nitrogen and oxygen atoms in total. The van der Waals surface area contributed by atoms with Crippen LogP contribution in [0.4, 0.5) is 8.78 Å². The number of likely N-dealkylation sites (N-methyl/N-ethyl adjacent to an activating group) is 1. The highest BCUT2D eigenvalue weighted by atomic mass is 127. The predicted molar refractivity (Wildman–Crippen MR) is 118 cm³/mol. The molecule has 2 rings (SSSR count). The molecule has 1 fully saturated rings. The minimum absolute atomic E-state index is 0. The van der Waals surface area contributed by atoms with Crippen molar-refractivity contribution in [2.24, 2.45) is 4.99 Å². The maximum Gasteiger partial charge on any atom is 0.191 e. The van der Waals surface area contributed by atoms with E-state index in [0.717, 1.165) is 51.4 Å². The quantitative estimate of drug-likeness (QED) is 0.347. The zero-order chi connectivity index (χ0) is 18.9. The monoisotopic (exact) mass is 495 g/mol. The third kappa shape index (κ3) is 7.87. The van der Waals surface area contributed by atoms with Crippen molar-refractivity contribution in [2.75, 3.05) is 45.8 Å². The van der Waals surface area contributed by atoms with Crippen LogP contribution in [0.25, 0.3) is 0 Å². The largest absolute Gasteiger partial charge is 0.357 e. The van der Waals surface area contributed by atoms with Crippen molar-refractivity contribution >= 4 is 29.9 Å². The second-order valence-corrected chi connectivity index (χ2v) is 6.63. The molecule has 1 heterocycles. The Morgan fingerprint density at radius 2 is 1.85 bits per heavy atom. The first-order chi connectivity index (χ1) is 12.5. The van der Waals surface area contributed by atoms with Gasteiger partial charge in [0.25, 0.3) is 0 Å². The molecule has 0 saturated carbocycles. The number of aliphatic imine (C=N–C) groups is 1. The minimum atomic E-state index is -0.450. The Kier molecular flexibility index (Phi) is 11.1. The third-order valence-electron chi connectivity index (χ3n) is 4.80. The number of halogens is 3. The van der Waals surface area contributed by atoms with Crippen molar-refractivity contribution in [1.82, 2.24) is 20.4 Å². The summed E-state index contributed by atoms with van der Waals surface area (Å²) in [6.07, 6.45) is 0. The molecule has 1 unspecified atom stereocenters. The van der Waals surface area contributed by atoms with Crippen LogP contribution in [0.2, 0.25) is 0 Å². The van der Waals surface area contributed by atoms with Crippen LogP contribution in [0.1, 0.15) is 26.3 Å². The van der Waals surface area contributed by atoms with E-state index >= 15 is 0 Å². The number of nitrogens with one attached hydrogen (secondary N) is 2. The van der Waals surface area contributed by atoms with E-state index in [1.165, 1.54) is 6.07 Å². The van der Waals surface area contributed by atoms with Crippen molar-refractivity contribution in [3.05, 3.63) is 35.4 Å². The highest BCUT2D eigenvalue weighted by molar-refractivity contribution is 14.0. The molecular formula is C19H32F2IN5. The van der Waals surface area contributed by atoms with E-state index < -0.39 is 11.6 Å². The first-order valence-electron chi connectivity index (χ1n) is 9.46. The van der Waals surface area contributed by atoms with Gasteiger partial charge < -0.3 is 15.5 Å². The fourth-order valence-electron chi connectivity index (χ4n) is 3.06. The Balaban J connectivity index is 0.00000364. The van der Waals surface area contributed by atoms with Crippen LogP contribution in [0.5, 0.6) is 0 Å². The van der Waals surface area contributed by atoms with Gasteiger partial charge in [-0.05, 0) is 38.6 Å². The van der Waals surface area contributed by atoms with E-state index in [9.17, 15) is 8.78 Å². The van der Waals surface area contributed by atoms with Crippen molar-refractivity contribution in [3.63, 3.8) is 0 Å². The molecule has 0 aliphatic carbocycles. The van der Waals surface area contributed by atoms with Crippen LogP contribution in [0, 0.1) is 11.6 Å². The lowest BCUT2D eigenvalue weighted by Gasteiger charge is -2.37. The summed E-state index contributed by atoms with van der Waals surface area (Å²) in [6.45, 7) is 13.4. The normalized spacial score (nSPS) is 17.3. The van der Waals surface area contributed by atoms with Gasteiger partial charge in [-0.3, -0.25) is 4.90 Å². The summed E-state index contributed by atoms with van der Waals surface area (Å²) < 4.78 is 27.0. The molecule has 1 aliphatic rings. The number of benzene rings is 1. The van der Waals surface area contributed by atoms with Gasteiger partial charge in [-0.15, -0.1) is 24.0 Å². The van der Waals surface area contributed by atoms with Gasteiger partial charge in [0.05, 0.1) is 6.54 Å². The highest BCUT2D eigenvalue weighted by Crippen LogP contribution is 2.10. The fourth-order valence-corrected chi connectivity index (χ4v) is 3.06. The van der Waals surface area contributed by atoms with E-state index in [1.807, 2.05) is 6.92 Å². The Labute approximate surface area is 178 Å². The second-order valence-electron chi connectivity index (χ2n) is 6.63. The van der Waals surface area contributed by atoms with Gasteiger partial charge in [-0.25, -0.2) is 13.8 Å². The Morgan fingerprint density at radius 3 is 2.48 bits per heavy atom. The van der Waals surface area contributed by atoms with Crippen LogP contribution in [-0.2, 0) is 6.54 Å². The van der Waals surface area contributed by atoms with Crippen LogP contribution in [-0.4, -0.2) is 67.6 Å². The summed E-state index contributed by atoms with van der Waals surface area (Å²) in [5, 5.41) is 6.47. The van der Waals surface area contributed by atoms with E-state index in [0.29, 0.717) is 18.5 Å². The zero-order valence-corrected chi connectivity index (χ0v) is 18.8. The summed E-state index contributed by atoms with van der Waals surface area (Å²) in [7, 11) is 0. The smallest absolute Gasteiger partial charge is 0.191 e. The van der Waals surface area contributed by atoms with E-state index in [1.54, 1.807) is 0 Å². The van der Waals surface area contributed by atoms with E-state index in [-0.39, 0.29) is 36.1 Å². The molecule has 1 atom stereocenters. The summed E-state index contributed by atoms with van der Waals surface area (Å²) in [5.41, 5.74) is 0.255. The third-order valence-corrected chi connectivity index (χ3v) is 4.80. The predicted octanol–water partition coefficient (Wildman–Crippen LogP) is 2.66. The molecule has 27 heavy (non-hydrogen) atoms. The molecule has 1 aromatic carbocycles. The topological polar surface area (TPSA) is 42.9 Å². The molecular weight excluding hydrogens is 463 g/mol. The van der Waals surface area contributed by atoms with Crippen LogP contribution in [0.3, 0.4) is 0 Å². The summed E-state index contributed by atoms with van der Waals surface area (Å²) >= 11 is 0. The van der Waals surface area contributed by atoms with Gasteiger partial charge >= 0.3 is 0 Å². The van der Waals surface area contributed by atoms with Crippen molar-refractivity contribution < 1.29 is 8.78 Å². The average Bonchev–Trinajstić information content (AvgIpc) is 2.66. The number of nitrogens with zero attached hydrogens (tertiary/aromatic N) is 3. The summed E-state index contributed by atoms with van der Waals surface area (Å²) in [6, 6.07) is 3.83. The second kappa shape index (κ2) is 12.5. The minimum Gasteiger partial charge on any atom is -0.357 e. The molecule has 0 bridgehead atoms. The molecule has 1 aromatic rings. The summed E-state index contributed by atoms with van der Waals surface area (Å²) in [4.78, 5) is 9.31. The number of rotatable bonds is 7. The molecule has 154 valence electrons. The van der Waals surface area contributed by atoms with Crippen molar-refractivity contribution in [2.45, 2.75) is 33.4 Å². The number of hydrogen-bond acceptors (Lipinski definition) is 3. The molecule has 0 aromatic heterocycles. The number of piperazine rings is 1. The average molecular weight is 495 g/mol. The lowest BCUT2D eigenvalue weighted by atomic mass is 10.2. The first kappa shape index (κ1) is 24.0. The van der Waals surface area contributed by atoms with Crippen LogP contribution < -0.4 is 10.6 Å². The van der Waals surface area contributed by atoms with Gasteiger partial charge in [0, 0.05) is 50.9 Å². The van der Waals surface area contributed by atoms with Gasteiger partial charge in [-0.1, -0.05) is 6.92 Å². The Hall–Kier alpha value is -1.00. The standard InChI is InChI=1S/C19H31F2N5.HI/c1-4-22-19(24-14-16-12-17(20)6-7-18(16)21)23-13-15(3)26-10-8-25(5-2)9-11-26;/h6-7,12,15H,4-5,8-11,13-14H2,1-3H3,(H2,22,23,24);1H. The van der Waals surface area contributed by atoms with Crippen molar-refractivity contribution in [1.29, 1.82) is 0 Å². The molecule has 1 aliphatic heterocycles. The Morgan fingerprint density at radius 1 is 1.15 bits per heavy atom. The van der Waals surface area contributed by atoms with Gasteiger partial charge in [-0.2, -0.15) is 0 Å². The number of guanidine groups is 1. The SMILES string of the molecule is CCNC(=NCc1cc(F)ccc1F)NCC(C)N1CCN(CC)CC1.I. The van der Waals surface area contributed by atoms with Crippen LogP contribution >= 0.6 is 24.0 Å². The number of hydrogen-bond donors (Lipinski definition) is 2. The van der Waals surface area contributed by atoms with Gasteiger partial charge in [0.1, 0.15) is 11.6 Å².